The van der Waals surface area contributed by atoms with Crippen molar-refractivity contribution in [3.05, 3.63) is 34.8 Å². The maximum atomic E-state index is 8.86. The molecule has 2 saturated heterocycles. The number of rotatable bonds is 4. The largest absolute Gasteiger partial charge is 0.476 e. The van der Waals surface area contributed by atoms with E-state index in [2.05, 4.69) is 42.8 Å². The molecule has 0 saturated carbocycles. The van der Waals surface area contributed by atoms with E-state index in [0.717, 1.165) is 53.9 Å². The van der Waals surface area contributed by atoms with Gasteiger partial charge in [-0.1, -0.05) is 22.4 Å². The number of aromatic nitrogens is 1. The molecule has 2 aromatic rings. The van der Waals surface area contributed by atoms with Crippen LogP contribution in [0.1, 0.15) is 25.7 Å². The summed E-state index contributed by atoms with van der Waals surface area (Å²) in [6.07, 6.45) is 4.92. The van der Waals surface area contributed by atoms with Gasteiger partial charge in [-0.3, -0.25) is 4.90 Å². The van der Waals surface area contributed by atoms with Crippen LogP contribution in [-0.4, -0.2) is 72.4 Å². The SMILES string of the molecule is Brc1ccc2nc(OCCN3CCCCC3)ccc2c1.CN1CC[C@@H](O)C1. The van der Waals surface area contributed by atoms with Gasteiger partial charge in [-0.2, -0.15) is 0 Å². The van der Waals surface area contributed by atoms with E-state index in [1.807, 2.05) is 25.2 Å². The number of nitrogens with zero attached hydrogens (tertiary/aromatic N) is 3. The lowest BCUT2D eigenvalue weighted by molar-refractivity contribution is 0.181. The van der Waals surface area contributed by atoms with Crippen molar-refractivity contribution in [2.75, 3.05) is 46.4 Å². The van der Waals surface area contributed by atoms with Gasteiger partial charge in [0.05, 0.1) is 11.6 Å². The molecule has 0 aliphatic carbocycles. The average molecular weight is 436 g/mol. The van der Waals surface area contributed by atoms with E-state index in [0.29, 0.717) is 0 Å². The Bertz CT molecular complexity index is 714. The highest BCUT2D eigenvalue weighted by Gasteiger charge is 2.15. The number of aliphatic hydroxyl groups excluding tert-OH is 1. The summed E-state index contributed by atoms with van der Waals surface area (Å²) in [6.45, 7) is 6.06. The minimum absolute atomic E-state index is 0.0509. The number of benzene rings is 1. The van der Waals surface area contributed by atoms with Crippen molar-refractivity contribution in [3.8, 4) is 5.88 Å². The number of ether oxygens (including phenoxy) is 1. The van der Waals surface area contributed by atoms with E-state index in [4.69, 9.17) is 9.84 Å². The molecule has 2 aliphatic heterocycles. The second-order valence-electron chi connectivity index (χ2n) is 7.44. The van der Waals surface area contributed by atoms with Gasteiger partial charge in [0, 0.05) is 35.6 Å². The highest BCUT2D eigenvalue weighted by molar-refractivity contribution is 9.10. The zero-order valence-electron chi connectivity index (χ0n) is 16.1. The van der Waals surface area contributed by atoms with Gasteiger partial charge in [0.25, 0.3) is 0 Å². The van der Waals surface area contributed by atoms with E-state index in [-0.39, 0.29) is 6.10 Å². The zero-order chi connectivity index (χ0) is 19.1. The lowest BCUT2D eigenvalue weighted by atomic mass is 10.1. The maximum Gasteiger partial charge on any atom is 0.213 e. The first kappa shape index (κ1) is 20.5. The maximum absolute atomic E-state index is 8.86. The molecule has 6 heteroatoms. The van der Waals surface area contributed by atoms with E-state index in [1.54, 1.807) is 0 Å². The Balaban J connectivity index is 0.000000253. The van der Waals surface area contributed by atoms with Crippen LogP contribution in [0.2, 0.25) is 0 Å². The first-order valence-electron chi connectivity index (χ1n) is 9.88. The quantitative estimate of drug-likeness (QED) is 0.795. The van der Waals surface area contributed by atoms with Crippen molar-refractivity contribution in [3.63, 3.8) is 0 Å². The van der Waals surface area contributed by atoms with Gasteiger partial charge in [-0.15, -0.1) is 0 Å². The van der Waals surface area contributed by atoms with Crippen LogP contribution >= 0.6 is 15.9 Å². The normalized spacial score (nSPS) is 21.1. The van der Waals surface area contributed by atoms with E-state index in [9.17, 15) is 0 Å². The topological polar surface area (TPSA) is 48.8 Å². The first-order chi connectivity index (χ1) is 13.1. The minimum Gasteiger partial charge on any atom is -0.476 e. The second-order valence-corrected chi connectivity index (χ2v) is 8.36. The fourth-order valence-electron chi connectivity index (χ4n) is 3.53. The molecule has 27 heavy (non-hydrogen) atoms. The molecule has 1 atom stereocenters. The molecule has 148 valence electrons. The highest BCUT2D eigenvalue weighted by atomic mass is 79.9. The van der Waals surface area contributed by atoms with E-state index < -0.39 is 0 Å². The Labute approximate surface area is 170 Å². The van der Waals surface area contributed by atoms with Crippen molar-refractivity contribution < 1.29 is 9.84 Å². The molecule has 3 heterocycles. The van der Waals surface area contributed by atoms with Crippen LogP contribution in [0.5, 0.6) is 5.88 Å². The molecule has 1 aromatic carbocycles. The van der Waals surface area contributed by atoms with Crippen molar-refractivity contribution in [1.29, 1.82) is 0 Å². The zero-order valence-corrected chi connectivity index (χ0v) is 17.7. The molecule has 0 unspecified atom stereocenters. The summed E-state index contributed by atoms with van der Waals surface area (Å²) >= 11 is 3.47. The fourth-order valence-corrected chi connectivity index (χ4v) is 3.91. The molecular weight excluding hydrogens is 406 g/mol. The van der Waals surface area contributed by atoms with Crippen molar-refractivity contribution >= 4 is 26.8 Å². The van der Waals surface area contributed by atoms with Gasteiger partial charge in [0.15, 0.2) is 0 Å². The van der Waals surface area contributed by atoms with Crippen molar-refractivity contribution in [2.24, 2.45) is 0 Å². The summed E-state index contributed by atoms with van der Waals surface area (Å²) in [5, 5.41) is 9.99. The summed E-state index contributed by atoms with van der Waals surface area (Å²) in [5.74, 6) is 0.719. The van der Waals surface area contributed by atoms with Gasteiger partial charge >= 0.3 is 0 Å². The van der Waals surface area contributed by atoms with E-state index in [1.165, 1.54) is 32.4 Å². The molecule has 2 aliphatic rings. The first-order valence-corrected chi connectivity index (χ1v) is 10.7. The molecule has 1 aromatic heterocycles. The third-order valence-corrected chi connectivity index (χ3v) is 5.59. The van der Waals surface area contributed by atoms with Crippen LogP contribution in [0.3, 0.4) is 0 Å². The third-order valence-electron chi connectivity index (χ3n) is 5.10. The van der Waals surface area contributed by atoms with Gasteiger partial charge in [-0.25, -0.2) is 4.98 Å². The Morgan fingerprint density at radius 3 is 2.63 bits per heavy atom. The van der Waals surface area contributed by atoms with Crippen molar-refractivity contribution in [1.82, 2.24) is 14.8 Å². The number of hydrogen-bond acceptors (Lipinski definition) is 5. The Morgan fingerprint density at radius 2 is 1.96 bits per heavy atom. The number of hydrogen-bond donors (Lipinski definition) is 1. The Kier molecular flexibility index (Phi) is 7.88. The lowest BCUT2D eigenvalue weighted by Gasteiger charge is -2.26. The van der Waals surface area contributed by atoms with Crippen LogP contribution in [0, 0.1) is 0 Å². The molecule has 2 fully saturated rings. The van der Waals surface area contributed by atoms with Gasteiger partial charge in [0.1, 0.15) is 6.61 Å². The van der Waals surface area contributed by atoms with Crippen LogP contribution in [-0.2, 0) is 0 Å². The molecule has 0 spiro atoms. The van der Waals surface area contributed by atoms with Crippen molar-refractivity contribution in [2.45, 2.75) is 31.8 Å². The average Bonchev–Trinajstić information content (AvgIpc) is 3.06. The predicted octanol–water partition coefficient (Wildman–Crippen LogP) is 3.54. The molecule has 5 nitrogen and oxygen atoms in total. The number of β-amino-alcohol motifs (C(OH)–C–C–N with tert-alkyl or cyclic N) is 1. The molecule has 1 N–H and O–H groups in total. The second kappa shape index (κ2) is 10.4. The number of pyridine rings is 1. The standard InChI is InChI=1S/C16H19BrN2O.C5H11NO/c17-14-5-6-15-13(12-14)4-7-16(18-15)20-11-10-19-8-2-1-3-9-19;1-6-3-2-5(7)4-6/h4-7,12H,1-3,8-11H2;5,7H,2-4H2,1H3/t;5-/m.1/s1. The van der Waals surface area contributed by atoms with Crippen LogP contribution in [0.4, 0.5) is 0 Å². The van der Waals surface area contributed by atoms with Gasteiger partial charge in [0.2, 0.25) is 5.88 Å². The minimum atomic E-state index is -0.0509. The van der Waals surface area contributed by atoms with E-state index >= 15 is 0 Å². The summed E-state index contributed by atoms with van der Waals surface area (Å²) < 4.78 is 6.86. The highest BCUT2D eigenvalue weighted by Crippen LogP contribution is 2.21. The molecule has 4 rings (SSSR count). The molecule has 0 amide bonds. The summed E-state index contributed by atoms with van der Waals surface area (Å²) in [4.78, 5) is 9.14. The molecule has 0 radical (unpaired) electrons. The summed E-state index contributed by atoms with van der Waals surface area (Å²) in [5.41, 5.74) is 0.976. The fraction of sp³-hybridized carbons (Fsp3) is 0.571. The monoisotopic (exact) mass is 435 g/mol. The van der Waals surface area contributed by atoms with Crippen LogP contribution in [0.15, 0.2) is 34.8 Å². The van der Waals surface area contributed by atoms with Gasteiger partial charge in [-0.05, 0) is 63.7 Å². The summed E-state index contributed by atoms with van der Waals surface area (Å²) in [7, 11) is 2.02. The lowest BCUT2D eigenvalue weighted by Crippen LogP contribution is -2.33. The number of fused-ring (bicyclic) bond motifs is 1. The number of halogens is 1. The Hall–Kier alpha value is -1.21. The number of likely N-dealkylation sites (tertiary alicyclic amines) is 2. The smallest absolute Gasteiger partial charge is 0.213 e. The number of piperidine rings is 1. The predicted molar refractivity (Wildman–Crippen MR) is 113 cm³/mol. The summed E-state index contributed by atoms with van der Waals surface area (Å²) in [6, 6.07) is 10.1. The third kappa shape index (κ3) is 6.71. The van der Waals surface area contributed by atoms with Crippen LogP contribution in [0.25, 0.3) is 10.9 Å². The molecule has 0 bridgehead atoms. The van der Waals surface area contributed by atoms with Crippen LogP contribution < -0.4 is 4.74 Å². The van der Waals surface area contributed by atoms with Gasteiger partial charge < -0.3 is 14.7 Å². The number of aliphatic hydroxyl groups is 1. The molecular formula is C21H30BrN3O2. The number of likely N-dealkylation sites (N-methyl/N-ethyl adjacent to an activating group) is 1. The Morgan fingerprint density at radius 1 is 1.15 bits per heavy atom.